The molecule has 0 saturated carbocycles. The quantitative estimate of drug-likeness (QED) is 0.172. The van der Waals surface area contributed by atoms with Crippen LogP contribution < -0.4 is 4.90 Å². The third-order valence-electron chi connectivity index (χ3n) is 15.1. The van der Waals surface area contributed by atoms with Crippen molar-refractivity contribution >= 4 is 56.6 Å². The molecule has 14 rings (SSSR count). The molecule has 2 nitrogen and oxygen atoms in total. The zero-order valence-electron chi connectivity index (χ0n) is 36.8. The third-order valence-corrected chi connectivity index (χ3v) is 15.1. The second-order valence-electron chi connectivity index (χ2n) is 18.4. The maximum atomic E-state index is 6.57. The second kappa shape index (κ2) is 13.9. The van der Waals surface area contributed by atoms with Crippen LogP contribution in [-0.2, 0) is 6.42 Å². The van der Waals surface area contributed by atoms with E-state index < -0.39 is 5.41 Å². The summed E-state index contributed by atoms with van der Waals surface area (Å²) < 4.78 is 6.57. The zero-order valence-corrected chi connectivity index (χ0v) is 36.8. The van der Waals surface area contributed by atoms with Crippen molar-refractivity contribution in [1.82, 2.24) is 0 Å². The summed E-state index contributed by atoms with van der Waals surface area (Å²) in [6, 6.07) is 62.4. The molecule has 9 aromatic rings. The highest BCUT2D eigenvalue weighted by molar-refractivity contribution is 6.14. The molecule has 0 amide bonds. The van der Waals surface area contributed by atoms with E-state index in [1.807, 2.05) is 0 Å². The molecular weight excluding hydrogens is 799 g/mol. The average Bonchev–Trinajstić information content (AvgIpc) is 4.14. The molecule has 0 saturated heterocycles. The lowest BCUT2D eigenvalue weighted by molar-refractivity contribution is 0.669. The Kier molecular flexibility index (Phi) is 7.83. The molecule has 0 bridgehead atoms. The van der Waals surface area contributed by atoms with Crippen LogP contribution >= 0.6 is 0 Å². The number of para-hydroxylation sites is 3. The number of anilines is 2. The van der Waals surface area contributed by atoms with Crippen molar-refractivity contribution in [2.45, 2.75) is 20.3 Å². The van der Waals surface area contributed by atoms with E-state index in [1.54, 1.807) is 0 Å². The molecule has 1 heterocycles. The Bertz CT molecular complexity index is 3800. The summed E-state index contributed by atoms with van der Waals surface area (Å²) in [6.45, 7) is 4.61. The molecule has 0 radical (unpaired) electrons. The lowest BCUT2D eigenvalue weighted by Crippen LogP contribution is -2.37. The van der Waals surface area contributed by atoms with Gasteiger partial charge in [-0.2, -0.15) is 0 Å². The van der Waals surface area contributed by atoms with Crippen LogP contribution in [-0.4, -0.2) is 0 Å². The Balaban J connectivity index is 1.10. The minimum atomic E-state index is -0.666. The van der Waals surface area contributed by atoms with Gasteiger partial charge in [0.1, 0.15) is 11.2 Å². The third kappa shape index (κ3) is 5.07. The van der Waals surface area contributed by atoms with Crippen molar-refractivity contribution in [3.63, 3.8) is 0 Å². The molecule has 0 fully saturated rings. The predicted molar refractivity (Wildman–Crippen MR) is 275 cm³/mol. The molecule has 1 aromatic heterocycles. The Labute approximate surface area is 384 Å². The first-order valence-electron chi connectivity index (χ1n) is 23.1. The lowest BCUT2D eigenvalue weighted by Gasteiger charge is -2.47. The summed E-state index contributed by atoms with van der Waals surface area (Å²) in [5.74, 6) is 0. The number of furan rings is 1. The number of rotatable bonds is 5. The molecule has 1 spiro atoms. The summed E-state index contributed by atoms with van der Waals surface area (Å²) in [5.41, 5.74) is 27.7. The molecule has 1 atom stereocenters. The number of aryl methyl sites for hydroxylation is 1. The van der Waals surface area contributed by atoms with E-state index in [1.165, 1.54) is 94.8 Å². The summed E-state index contributed by atoms with van der Waals surface area (Å²) in [6.07, 6.45) is 17.8. The van der Waals surface area contributed by atoms with Crippen molar-refractivity contribution in [2.24, 2.45) is 5.41 Å². The fourth-order valence-electron chi connectivity index (χ4n) is 12.1. The van der Waals surface area contributed by atoms with Crippen LogP contribution in [0.5, 0.6) is 0 Å². The molecule has 8 aromatic carbocycles. The van der Waals surface area contributed by atoms with Gasteiger partial charge in [0.05, 0.1) is 16.8 Å². The molecule has 66 heavy (non-hydrogen) atoms. The van der Waals surface area contributed by atoms with E-state index in [2.05, 4.69) is 231 Å². The maximum Gasteiger partial charge on any atom is 0.136 e. The van der Waals surface area contributed by atoms with Gasteiger partial charge in [-0.25, -0.2) is 0 Å². The van der Waals surface area contributed by atoms with Gasteiger partial charge in [0.15, 0.2) is 0 Å². The molecule has 1 unspecified atom stereocenters. The molecular formula is C64H43NO. The zero-order chi connectivity index (χ0) is 43.7. The van der Waals surface area contributed by atoms with Crippen molar-refractivity contribution in [2.75, 3.05) is 4.90 Å². The monoisotopic (exact) mass is 841 g/mol. The van der Waals surface area contributed by atoms with Crippen molar-refractivity contribution < 1.29 is 4.42 Å². The van der Waals surface area contributed by atoms with Crippen LogP contribution in [0, 0.1) is 19.3 Å². The van der Waals surface area contributed by atoms with Crippen LogP contribution in [0.4, 0.5) is 11.4 Å². The Hall–Kier alpha value is -8.20. The lowest BCUT2D eigenvalue weighted by atomic mass is 9.63. The van der Waals surface area contributed by atoms with E-state index >= 15 is 0 Å². The minimum Gasteiger partial charge on any atom is -0.456 e. The number of benzene rings is 8. The van der Waals surface area contributed by atoms with Gasteiger partial charge in [-0.3, -0.25) is 0 Å². The van der Waals surface area contributed by atoms with Gasteiger partial charge < -0.3 is 9.32 Å². The average molecular weight is 842 g/mol. The van der Waals surface area contributed by atoms with Gasteiger partial charge in [-0.15, -0.1) is 0 Å². The Morgan fingerprint density at radius 2 is 1.09 bits per heavy atom. The highest BCUT2D eigenvalue weighted by Gasteiger charge is 2.51. The second-order valence-corrected chi connectivity index (χ2v) is 18.4. The number of fused-ring (bicyclic) bond motifs is 14. The fourth-order valence-corrected chi connectivity index (χ4v) is 12.1. The van der Waals surface area contributed by atoms with Crippen molar-refractivity contribution in [3.8, 4) is 33.4 Å². The van der Waals surface area contributed by atoms with Crippen molar-refractivity contribution in [1.29, 1.82) is 0 Å². The largest absolute Gasteiger partial charge is 0.456 e. The molecule has 310 valence electrons. The molecule has 5 aliphatic rings. The van der Waals surface area contributed by atoms with Gasteiger partial charge in [0.2, 0.25) is 0 Å². The summed E-state index contributed by atoms with van der Waals surface area (Å²) in [4.78, 5) is 2.64. The highest BCUT2D eigenvalue weighted by atomic mass is 16.3. The van der Waals surface area contributed by atoms with Crippen LogP contribution in [0.3, 0.4) is 0 Å². The smallest absolute Gasteiger partial charge is 0.136 e. The highest BCUT2D eigenvalue weighted by Crippen LogP contribution is 2.64. The van der Waals surface area contributed by atoms with E-state index in [-0.39, 0.29) is 0 Å². The molecule has 2 heteroatoms. The normalized spacial score (nSPS) is 17.0. The predicted octanol–water partition coefficient (Wildman–Crippen LogP) is 16.7. The Morgan fingerprint density at radius 1 is 0.500 bits per heavy atom. The standard InChI is InChI=1S/C64H43NO/c1-39-35-53-46-22-8-3-17-41(46)36-54(53)62(40(39)2)51-24-10-13-29-58(51)65(57-28-12-9-23-49(57)50-26-15-31-60-63(50)52-25-11-14-30-59(52)66-60)61-33-32-48-45-21-7-5-19-43(45)38-56(48)64(61)34-16-27-47-44-20-6-4-18-42(44)37-55(47)64/h3-35,37-38H,36H2,1-2H3. The van der Waals surface area contributed by atoms with E-state index in [9.17, 15) is 0 Å². The summed E-state index contributed by atoms with van der Waals surface area (Å²) in [5, 5.41) is 2.24. The number of nitrogens with zero attached hydrogens (tertiary/aromatic N) is 1. The van der Waals surface area contributed by atoms with Gasteiger partial charge in [-0.1, -0.05) is 170 Å². The summed E-state index contributed by atoms with van der Waals surface area (Å²) in [7, 11) is 0. The van der Waals surface area contributed by atoms with E-state index in [4.69, 9.17) is 4.42 Å². The first kappa shape index (κ1) is 37.2. The van der Waals surface area contributed by atoms with Crippen LogP contribution in [0.15, 0.2) is 221 Å². The van der Waals surface area contributed by atoms with E-state index in [0.717, 1.165) is 50.9 Å². The van der Waals surface area contributed by atoms with Gasteiger partial charge >= 0.3 is 0 Å². The van der Waals surface area contributed by atoms with Gasteiger partial charge in [0, 0.05) is 27.6 Å². The topological polar surface area (TPSA) is 16.4 Å². The molecule has 0 aliphatic heterocycles. The van der Waals surface area contributed by atoms with Crippen molar-refractivity contribution in [3.05, 3.63) is 262 Å². The summed E-state index contributed by atoms with van der Waals surface area (Å²) >= 11 is 0. The maximum absolute atomic E-state index is 6.57. The first-order chi connectivity index (χ1) is 32.6. The van der Waals surface area contributed by atoms with E-state index in [0.29, 0.717) is 0 Å². The van der Waals surface area contributed by atoms with Gasteiger partial charge in [0.25, 0.3) is 0 Å². The SMILES string of the molecule is Cc1cc2c(c(-c3ccccc3N(C3=CC=C4C(=Cc5ccccc54)C34C=CC=C3C4=Cc4ccccc43)c3ccccc3-c3cccc4oc5ccccc5c34)c1C)Cc1ccccc1-2. The van der Waals surface area contributed by atoms with Crippen LogP contribution in [0.2, 0.25) is 0 Å². The fraction of sp³-hybridized carbons (Fsp3) is 0.0625. The van der Waals surface area contributed by atoms with Gasteiger partial charge in [-0.05, 0) is 152 Å². The van der Waals surface area contributed by atoms with Crippen LogP contribution in [0.25, 0.3) is 78.6 Å². The first-order valence-corrected chi connectivity index (χ1v) is 23.1. The Morgan fingerprint density at radius 3 is 1.86 bits per heavy atom. The minimum absolute atomic E-state index is 0.666. The molecule has 5 aliphatic carbocycles. The van der Waals surface area contributed by atoms with Crippen LogP contribution in [0.1, 0.15) is 44.5 Å². The number of hydrogen-bond donors (Lipinski definition) is 0. The number of allylic oxidation sites excluding steroid dienone is 7. The number of hydrogen-bond acceptors (Lipinski definition) is 2. The molecule has 0 N–H and O–H groups in total.